The number of benzene rings is 3. The van der Waals surface area contributed by atoms with E-state index in [-0.39, 0.29) is 11.3 Å². The maximum absolute atomic E-state index is 13.1. The lowest BCUT2D eigenvalue weighted by Crippen LogP contribution is -2.16. The number of aromatic amines is 1. The van der Waals surface area contributed by atoms with Gasteiger partial charge in [-0.15, -0.1) is 0 Å². The number of aryl methyl sites for hydroxylation is 1. The summed E-state index contributed by atoms with van der Waals surface area (Å²) in [6.45, 7) is 8.81. The molecule has 33 heavy (non-hydrogen) atoms. The number of carbonyl (C=O) groups excluding carboxylic acids is 1. The first kappa shape index (κ1) is 22.3. The van der Waals surface area contributed by atoms with Gasteiger partial charge >= 0.3 is 0 Å². The van der Waals surface area contributed by atoms with Gasteiger partial charge in [0.05, 0.1) is 11.1 Å². The predicted octanol–water partition coefficient (Wildman–Crippen LogP) is 5.67. The number of aromatic nitrogens is 1. The van der Waals surface area contributed by atoms with Gasteiger partial charge in [-0.2, -0.15) is 0 Å². The summed E-state index contributed by atoms with van der Waals surface area (Å²) < 4.78 is 5.98. The molecule has 0 aliphatic carbocycles. The van der Waals surface area contributed by atoms with E-state index in [0.29, 0.717) is 23.5 Å². The average molecular weight is 441 g/mol. The molecule has 0 atom stereocenters. The van der Waals surface area contributed by atoms with Crippen molar-refractivity contribution in [3.05, 3.63) is 95.2 Å². The minimum atomic E-state index is -0.189. The first-order valence-electron chi connectivity index (χ1n) is 11.1. The number of carbonyl (C=O) groups is 1. The molecule has 5 heteroatoms. The molecule has 1 heterocycles. The molecular formula is C28H30N3O2+. The molecule has 4 N–H and O–H groups in total. The highest BCUT2D eigenvalue weighted by molar-refractivity contribution is 6.06. The molecule has 168 valence electrons. The Kier molecular flexibility index (Phi) is 6.05. The van der Waals surface area contributed by atoms with Gasteiger partial charge in [0.25, 0.3) is 5.91 Å². The van der Waals surface area contributed by atoms with Crippen LogP contribution in [0.15, 0.2) is 72.8 Å². The molecule has 0 unspecified atom stereocenters. The molecule has 0 saturated carbocycles. The molecule has 0 spiro atoms. The summed E-state index contributed by atoms with van der Waals surface area (Å²) in [5, 5.41) is 3.86. The van der Waals surface area contributed by atoms with E-state index in [0.717, 1.165) is 27.9 Å². The lowest BCUT2D eigenvalue weighted by Gasteiger charge is -2.19. The van der Waals surface area contributed by atoms with Crippen LogP contribution in [0.2, 0.25) is 0 Å². The Morgan fingerprint density at radius 2 is 1.73 bits per heavy atom. The number of hydrogen-bond donors (Lipinski definition) is 2. The summed E-state index contributed by atoms with van der Waals surface area (Å²) in [6, 6.07) is 23.1. The van der Waals surface area contributed by atoms with Crippen molar-refractivity contribution < 1.29 is 14.5 Å². The van der Waals surface area contributed by atoms with Crippen LogP contribution in [0, 0.1) is 6.92 Å². The number of rotatable bonds is 5. The monoisotopic (exact) mass is 440 g/mol. The topological polar surface area (TPSA) is 78.5 Å². The molecule has 1 aromatic heterocycles. The largest absolute Gasteiger partial charge is 0.489 e. The molecule has 1 amide bonds. The molecule has 0 fully saturated rings. The van der Waals surface area contributed by atoms with Gasteiger partial charge in [0.15, 0.2) is 5.69 Å². The van der Waals surface area contributed by atoms with Gasteiger partial charge < -0.3 is 15.8 Å². The number of H-pyrrole nitrogens is 1. The minimum Gasteiger partial charge on any atom is -0.489 e. The van der Waals surface area contributed by atoms with Gasteiger partial charge in [-0.3, -0.25) is 4.79 Å². The first-order valence-corrected chi connectivity index (χ1v) is 11.1. The molecule has 4 rings (SSSR count). The van der Waals surface area contributed by atoms with Crippen LogP contribution in [-0.4, -0.2) is 5.91 Å². The predicted molar refractivity (Wildman–Crippen MR) is 134 cm³/mol. The van der Waals surface area contributed by atoms with Crippen molar-refractivity contribution in [1.82, 2.24) is 0 Å². The Labute approximate surface area is 194 Å². The summed E-state index contributed by atoms with van der Waals surface area (Å²) in [5.41, 5.74) is 12.2. The maximum Gasteiger partial charge on any atom is 0.256 e. The number of nitrogens with one attached hydrogen (secondary N) is 2. The van der Waals surface area contributed by atoms with E-state index in [1.54, 1.807) is 0 Å². The quantitative estimate of drug-likeness (QED) is 0.419. The third-order valence-corrected chi connectivity index (χ3v) is 5.67. The SMILES string of the molecule is Cc1cc(N)c2cc(NC(=O)c3ccccc3COc3ccc(C(C)(C)C)cc3)ccc2[nH+]1. The van der Waals surface area contributed by atoms with E-state index in [9.17, 15) is 4.79 Å². The Morgan fingerprint density at radius 1 is 1.00 bits per heavy atom. The van der Waals surface area contributed by atoms with Crippen molar-refractivity contribution in [2.45, 2.75) is 39.7 Å². The molecule has 0 bridgehead atoms. The average Bonchev–Trinajstić information content (AvgIpc) is 2.78. The van der Waals surface area contributed by atoms with E-state index in [2.05, 4.69) is 43.2 Å². The molecule has 0 radical (unpaired) electrons. The fraction of sp³-hybridized carbons (Fsp3) is 0.214. The number of pyridine rings is 1. The van der Waals surface area contributed by atoms with Crippen molar-refractivity contribution in [1.29, 1.82) is 0 Å². The summed E-state index contributed by atoms with van der Waals surface area (Å²) >= 11 is 0. The zero-order valence-electron chi connectivity index (χ0n) is 19.5. The number of nitrogen functional groups attached to an aromatic ring is 1. The van der Waals surface area contributed by atoms with Gasteiger partial charge in [0, 0.05) is 35.9 Å². The number of nitrogens with two attached hydrogens (primary N) is 1. The standard InChI is InChI=1S/C28H29N3O2/c1-18-15-25(29)24-16-21(11-14-26(24)30-18)31-27(32)23-8-6-5-7-19(23)17-33-22-12-9-20(10-13-22)28(2,3)4/h5-16H,17H2,1-4H3,(H2,29,30)(H,31,32)/p+1. The second-order valence-electron chi connectivity index (χ2n) is 9.34. The van der Waals surface area contributed by atoms with Crippen LogP contribution in [0.25, 0.3) is 10.9 Å². The lowest BCUT2D eigenvalue weighted by atomic mass is 9.87. The molecule has 5 nitrogen and oxygen atoms in total. The summed E-state index contributed by atoms with van der Waals surface area (Å²) in [7, 11) is 0. The van der Waals surface area contributed by atoms with Gasteiger partial charge in [0.2, 0.25) is 5.52 Å². The fourth-order valence-corrected chi connectivity index (χ4v) is 3.81. The Morgan fingerprint density at radius 3 is 2.45 bits per heavy atom. The number of hydrogen-bond acceptors (Lipinski definition) is 3. The van der Waals surface area contributed by atoms with Crippen LogP contribution in [0.1, 0.15) is 48.0 Å². The third kappa shape index (κ3) is 5.14. The molecule has 3 aromatic carbocycles. The maximum atomic E-state index is 13.1. The zero-order valence-corrected chi connectivity index (χ0v) is 19.5. The summed E-state index contributed by atoms with van der Waals surface area (Å²) in [6.07, 6.45) is 0. The number of anilines is 2. The Hall–Kier alpha value is -3.86. The smallest absolute Gasteiger partial charge is 0.256 e. The molecule has 4 aromatic rings. The first-order chi connectivity index (χ1) is 15.7. The number of amides is 1. The lowest BCUT2D eigenvalue weighted by molar-refractivity contribution is -0.354. The van der Waals surface area contributed by atoms with Crippen molar-refractivity contribution in [2.24, 2.45) is 0 Å². The van der Waals surface area contributed by atoms with Crippen molar-refractivity contribution in [3.63, 3.8) is 0 Å². The van der Waals surface area contributed by atoms with Gasteiger partial charge in [-0.1, -0.05) is 51.1 Å². The highest BCUT2D eigenvalue weighted by Crippen LogP contribution is 2.26. The zero-order chi connectivity index (χ0) is 23.6. The van der Waals surface area contributed by atoms with Crippen LogP contribution in [0.5, 0.6) is 5.75 Å². The third-order valence-electron chi connectivity index (χ3n) is 5.67. The minimum absolute atomic E-state index is 0.0908. The second-order valence-corrected chi connectivity index (χ2v) is 9.34. The van der Waals surface area contributed by atoms with E-state index in [1.165, 1.54) is 5.56 Å². The highest BCUT2D eigenvalue weighted by Gasteiger charge is 2.15. The number of ether oxygens (including phenoxy) is 1. The molecule has 0 aliphatic heterocycles. The number of fused-ring (bicyclic) bond motifs is 1. The van der Waals surface area contributed by atoms with Gasteiger partial charge in [-0.05, 0) is 41.3 Å². The highest BCUT2D eigenvalue weighted by atomic mass is 16.5. The van der Waals surface area contributed by atoms with Crippen molar-refractivity contribution in [2.75, 3.05) is 11.1 Å². The van der Waals surface area contributed by atoms with Crippen LogP contribution in [0.3, 0.4) is 0 Å². The molecule has 0 aliphatic rings. The molecular weight excluding hydrogens is 410 g/mol. The fourth-order valence-electron chi connectivity index (χ4n) is 3.81. The van der Waals surface area contributed by atoms with E-state index < -0.39 is 0 Å². The van der Waals surface area contributed by atoms with E-state index >= 15 is 0 Å². The Balaban J connectivity index is 1.50. The van der Waals surface area contributed by atoms with Crippen molar-refractivity contribution in [3.8, 4) is 5.75 Å². The second kappa shape index (κ2) is 8.94. The summed E-state index contributed by atoms with van der Waals surface area (Å²) in [4.78, 5) is 16.4. The van der Waals surface area contributed by atoms with E-state index in [1.807, 2.05) is 67.6 Å². The van der Waals surface area contributed by atoms with Crippen LogP contribution < -0.4 is 20.8 Å². The van der Waals surface area contributed by atoms with Gasteiger partial charge in [-0.25, -0.2) is 4.98 Å². The summed E-state index contributed by atoms with van der Waals surface area (Å²) in [5.74, 6) is 0.584. The normalized spacial score (nSPS) is 11.4. The van der Waals surface area contributed by atoms with Gasteiger partial charge in [0.1, 0.15) is 12.4 Å². The van der Waals surface area contributed by atoms with Crippen LogP contribution in [0.4, 0.5) is 11.4 Å². The van der Waals surface area contributed by atoms with Crippen molar-refractivity contribution >= 4 is 28.2 Å². The van der Waals surface area contributed by atoms with Crippen LogP contribution >= 0.6 is 0 Å². The Bertz CT molecular complexity index is 1310. The molecule has 0 saturated heterocycles. The van der Waals surface area contributed by atoms with Crippen LogP contribution in [-0.2, 0) is 12.0 Å². The van der Waals surface area contributed by atoms with E-state index in [4.69, 9.17) is 10.5 Å².